The maximum absolute atomic E-state index is 2.68. The molecule has 2 aliphatic heterocycles. The second-order valence-corrected chi connectivity index (χ2v) is 9.60. The summed E-state index contributed by atoms with van der Waals surface area (Å²) in [4.78, 5) is 2.56. The topological polar surface area (TPSA) is 13.0 Å². The summed E-state index contributed by atoms with van der Waals surface area (Å²) in [5.74, 6) is 0.583. The van der Waals surface area contributed by atoms with Crippen molar-refractivity contribution in [2.45, 2.75) is 79.2 Å². The quantitative estimate of drug-likeness (QED) is 0.464. The molecule has 1 aromatic rings. The van der Waals surface area contributed by atoms with Gasteiger partial charge >= 0.3 is 0 Å². The number of hydrogen-bond acceptors (Lipinski definition) is 4. The molecule has 0 bridgehead atoms. The Morgan fingerprint density at radius 2 is 1.60 bits per heavy atom. The summed E-state index contributed by atoms with van der Waals surface area (Å²) < 4.78 is 0. The van der Waals surface area contributed by atoms with Crippen molar-refractivity contribution in [2.75, 3.05) is 39.8 Å². The Hall–Kier alpha value is -0.940. The zero-order valence-corrected chi connectivity index (χ0v) is 20.5. The smallest absolute Gasteiger partial charge is 0.0824 e. The molecule has 2 saturated heterocycles. The Kier molecular flexibility index (Phi) is 8.76. The highest BCUT2D eigenvalue weighted by Gasteiger charge is 2.48. The van der Waals surface area contributed by atoms with Crippen molar-refractivity contribution in [3.63, 3.8) is 0 Å². The number of hydrogen-bond donors (Lipinski definition) is 0. The molecule has 1 radical (unpaired) electrons. The molecule has 169 valence electrons. The minimum absolute atomic E-state index is 0.395. The van der Waals surface area contributed by atoms with E-state index in [-0.39, 0.29) is 0 Å². The number of piperazine rings is 1. The van der Waals surface area contributed by atoms with Gasteiger partial charge in [-0.2, -0.15) is 5.12 Å². The molecule has 0 amide bonds. The number of fused-ring (bicyclic) bond motifs is 1. The normalized spacial score (nSPS) is 24.1. The summed E-state index contributed by atoms with van der Waals surface area (Å²) in [6.07, 6.45) is 7.85. The van der Waals surface area contributed by atoms with Crippen LogP contribution in [0.25, 0.3) is 0 Å². The number of hydrazine groups is 2. The number of nitrogens with zero attached hydrogens (tertiary/aromatic N) is 4. The van der Waals surface area contributed by atoms with Crippen LogP contribution < -0.4 is 0 Å². The summed E-state index contributed by atoms with van der Waals surface area (Å²) >= 11 is 0. The van der Waals surface area contributed by atoms with E-state index in [0.717, 1.165) is 19.6 Å². The van der Waals surface area contributed by atoms with Crippen molar-refractivity contribution in [1.82, 2.24) is 20.0 Å². The summed E-state index contributed by atoms with van der Waals surface area (Å²) in [6, 6.07) is 9.07. The number of likely N-dealkylation sites (N-methyl/N-ethyl adjacent to an activating group) is 1. The zero-order chi connectivity index (χ0) is 21.7. The number of benzene rings is 1. The largest absolute Gasteiger partial charge is 0.296 e. The number of rotatable bonds is 10. The highest BCUT2D eigenvalue weighted by Crippen LogP contribution is 2.45. The van der Waals surface area contributed by atoms with Crippen LogP contribution in [0.4, 0.5) is 0 Å². The van der Waals surface area contributed by atoms with Crippen LogP contribution in [0.5, 0.6) is 0 Å². The lowest BCUT2D eigenvalue weighted by Gasteiger charge is -2.47. The first kappa shape index (κ1) is 23.7. The van der Waals surface area contributed by atoms with Gasteiger partial charge in [0.2, 0.25) is 0 Å². The molecule has 30 heavy (non-hydrogen) atoms. The van der Waals surface area contributed by atoms with Crippen molar-refractivity contribution in [1.29, 1.82) is 0 Å². The summed E-state index contributed by atoms with van der Waals surface area (Å²) in [6.45, 7) is 17.2. The van der Waals surface area contributed by atoms with Crippen LogP contribution in [0, 0.1) is 25.8 Å². The monoisotopic (exact) mass is 413 g/mol. The molecule has 2 heterocycles. The fourth-order valence-corrected chi connectivity index (χ4v) is 5.15. The zero-order valence-electron chi connectivity index (χ0n) is 20.5. The first-order valence-electron chi connectivity index (χ1n) is 12.4. The van der Waals surface area contributed by atoms with Gasteiger partial charge in [-0.15, -0.1) is 0 Å². The molecule has 4 heteroatoms. The van der Waals surface area contributed by atoms with E-state index in [1.165, 1.54) is 68.3 Å². The van der Waals surface area contributed by atoms with Gasteiger partial charge in [0.25, 0.3) is 0 Å². The molecule has 3 rings (SSSR count). The van der Waals surface area contributed by atoms with E-state index in [2.05, 4.69) is 79.9 Å². The molecule has 0 aromatic heterocycles. The lowest BCUT2D eigenvalue weighted by Crippen LogP contribution is -2.56. The van der Waals surface area contributed by atoms with E-state index >= 15 is 0 Å². The third-order valence-electron chi connectivity index (χ3n) is 7.12. The highest BCUT2D eigenvalue weighted by molar-refractivity contribution is 5.35. The van der Waals surface area contributed by atoms with Gasteiger partial charge in [0.15, 0.2) is 0 Å². The third kappa shape index (κ3) is 5.27. The van der Waals surface area contributed by atoms with Gasteiger partial charge in [-0.3, -0.25) is 4.90 Å². The highest BCUT2D eigenvalue weighted by atomic mass is 15.9. The van der Waals surface area contributed by atoms with Gasteiger partial charge < -0.3 is 0 Å². The molecule has 0 saturated carbocycles. The van der Waals surface area contributed by atoms with Crippen LogP contribution in [0.15, 0.2) is 18.2 Å². The van der Waals surface area contributed by atoms with Crippen LogP contribution in [-0.2, 0) is 0 Å². The summed E-state index contributed by atoms with van der Waals surface area (Å²) in [5.41, 5.74) is 4.25. The average Bonchev–Trinajstić information content (AvgIpc) is 3.06. The van der Waals surface area contributed by atoms with Gasteiger partial charge in [-0.1, -0.05) is 64.7 Å². The lowest BCUT2D eigenvalue weighted by molar-refractivity contribution is -0.169. The second kappa shape index (κ2) is 11.1. The Morgan fingerprint density at radius 1 is 0.933 bits per heavy atom. The van der Waals surface area contributed by atoms with E-state index in [0.29, 0.717) is 12.0 Å². The predicted molar refractivity (Wildman–Crippen MR) is 128 cm³/mol. The minimum atomic E-state index is 0.395. The number of unbranched alkanes of at least 4 members (excludes halogenated alkanes) is 4. The van der Waals surface area contributed by atoms with Crippen molar-refractivity contribution < 1.29 is 0 Å². The van der Waals surface area contributed by atoms with Gasteiger partial charge in [0.1, 0.15) is 0 Å². The predicted octanol–water partition coefficient (Wildman–Crippen LogP) is 5.59. The Labute approximate surface area is 186 Å². The van der Waals surface area contributed by atoms with Crippen LogP contribution in [0.3, 0.4) is 0 Å². The number of aryl methyl sites for hydroxylation is 2. The molecule has 1 aromatic carbocycles. The van der Waals surface area contributed by atoms with Gasteiger partial charge in [-0.25, -0.2) is 10.0 Å². The van der Waals surface area contributed by atoms with E-state index in [9.17, 15) is 0 Å². The fourth-order valence-electron chi connectivity index (χ4n) is 5.15. The van der Waals surface area contributed by atoms with Crippen LogP contribution in [0.2, 0.25) is 0 Å². The van der Waals surface area contributed by atoms with E-state index in [1.54, 1.807) is 6.04 Å². The molecule has 0 N–H and O–H groups in total. The lowest BCUT2D eigenvalue weighted by atomic mass is 9.87. The fraction of sp³-hybridized carbons (Fsp3) is 0.731. The minimum Gasteiger partial charge on any atom is -0.296 e. The maximum atomic E-state index is 2.68. The third-order valence-corrected chi connectivity index (χ3v) is 7.12. The molecule has 0 spiro atoms. The van der Waals surface area contributed by atoms with Crippen molar-refractivity contribution in [3.05, 3.63) is 40.9 Å². The average molecular weight is 414 g/mol. The standard InChI is InChI=1S/C26H45N4/c1-7-9-11-15-28(16-12-10-8-2)30-20-23(5)25-26(27(6)17-18-29(25)30)24-14-13-21(3)22(4)19-24/h13-14,19,23,26H,7-12,15-18,20H2,1-6H3. The first-order valence-corrected chi connectivity index (χ1v) is 12.4. The van der Waals surface area contributed by atoms with Crippen LogP contribution in [0.1, 0.15) is 82.0 Å². The van der Waals surface area contributed by atoms with E-state index in [4.69, 9.17) is 0 Å². The molecule has 4 nitrogen and oxygen atoms in total. The first-order chi connectivity index (χ1) is 14.5. The van der Waals surface area contributed by atoms with Gasteiger partial charge in [-0.05, 0) is 56.3 Å². The molecule has 2 fully saturated rings. The van der Waals surface area contributed by atoms with Gasteiger partial charge in [0.05, 0.1) is 12.1 Å². The maximum Gasteiger partial charge on any atom is 0.0824 e. The van der Waals surface area contributed by atoms with Crippen LogP contribution >= 0.6 is 0 Å². The summed E-state index contributed by atoms with van der Waals surface area (Å²) in [7, 11) is 2.31. The SMILES string of the molecule is CCCCCN(CCCCC)N1CC(C)[C]2C(c3ccc(C)c(C)c3)N(C)CCN21. The van der Waals surface area contributed by atoms with E-state index in [1.807, 2.05) is 0 Å². The Balaban J connectivity index is 1.81. The van der Waals surface area contributed by atoms with Crippen LogP contribution in [-0.4, -0.2) is 59.8 Å². The van der Waals surface area contributed by atoms with Crippen molar-refractivity contribution in [3.8, 4) is 0 Å². The second-order valence-electron chi connectivity index (χ2n) is 9.60. The summed E-state index contributed by atoms with van der Waals surface area (Å²) in [5, 5.41) is 7.96. The van der Waals surface area contributed by atoms with E-state index < -0.39 is 0 Å². The molecular formula is C26H45N4. The van der Waals surface area contributed by atoms with Gasteiger partial charge in [0, 0.05) is 32.7 Å². The molecule has 2 atom stereocenters. The molecular weight excluding hydrogens is 368 g/mol. The van der Waals surface area contributed by atoms with Crippen molar-refractivity contribution >= 4 is 0 Å². The Bertz CT molecular complexity index is 650. The van der Waals surface area contributed by atoms with Crippen molar-refractivity contribution in [2.24, 2.45) is 5.92 Å². The molecule has 0 aliphatic carbocycles. The molecule has 2 unspecified atom stereocenters. The Morgan fingerprint density at radius 3 is 2.20 bits per heavy atom. The molecule has 2 aliphatic rings.